The Balaban J connectivity index is 2.11. The van der Waals surface area contributed by atoms with Crippen molar-refractivity contribution in [2.45, 2.75) is 39.2 Å². The Morgan fingerprint density at radius 2 is 1.86 bits per heavy atom. The van der Waals surface area contributed by atoms with Crippen LogP contribution < -0.4 is 5.32 Å². The van der Waals surface area contributed by atoms with Crippen molar-refractivity contribution in [1.82, 2.24) is 9.97 Å². The Labute approximate surface area is 131 Å². The number of rotatable bonds is 6. The van der Waals surface area contributed by atoms with E-state index in [1.54, 1.807) is 0 Å². The van der Waals surface area contributed by atoms with Gasteiger partial charge in [0.25, 0.3) is 0 Å². The monoisotopic (exact) mass is 303 g/mol. The van der Waals surface area contributed by atoms with Crippen LogP contribution in [-0.4, -0.2) is 21.9 Å². The molecule has 3 nitrogen and oxygen atoms in total. The highest BCUT2D eigenvalue weighted by atomic mass is 35.5. The first-order valence-electron chi connectivity index (χ1n) is 7.30. The minimum absolute atomic E-state index is 0.156. The number of aryl methyl sites for hydroxylation is 1. The van der Waals surface area contributed by atoms with Gasteiger partial charge in [-0.25, -0.2) is 9.97 Å². The highest BCUT2D eigenvalue weighted by Gasteiger charge is 2.11. The fourth-order valence-electron chi connectivity index (χ4n) is 2.18. The number of halogens is 1. The summed E-state index contributed by atoms with van der Waals surface area (Å²) >= 11 is 6.10. The fourth-order valence-corrected chi connectivity index (χ4v) is 2.36. The topological polar surface area (TPSA) is 37.8 Å². The molecule has 0 aliphatic rings. The molecule has 0 spiro atoms. The largest absolute Gasteiger partial charge is 0.366 e. The number of hydrogen-bond donors (Lipinski definition) is 1. The molecular formula is C17H22ClN3. The summed E-state index contributed by atoms with van der Waals surface area (Å²) < 4.78 is 0. The number of anilines is 1. The number of nitrogens with zero attached hydrogens (tertiary/aromatic N) is 2. The molecule has 0 aliphatic heterocycles. The third-order valence-electron chi connectivity index (χ3n) is 3.25. The minimum Gasteiger partial charge on any atom is -0.366 e. The van der Waals surface area contributed by atoms with Crippen LogP contribution in [0.3, 0.4) is 0 Å². The minimum atomic E-state index is 0.156. The van der Waals surface area contributed by atoms with Crippen LogP contribution in [0, 0.1) is 6.92 Å². The van der Waals surface area contributed by atoms with Crippen molar-refractivity contribution in [2.24, 2.45) is 0 Å². The molecule has 1 aromatic heterocycles. The second-order valence-electron chi connectivity index (χ2n) is 5.59. The van der Waals surface area contributed by atoms with Gasteiger partial charge in [-0.15, -0.1) is 11.6 Å². The van der Waals surface area contributed by atoms with E-state index in [0.29, 0.717) is 11.8 Å². The van der Waals surface area contributed by atoms with Crippen molar-refractivity contribution in [1.29, 1.82) is 0 Å². The van der Waals surface area contributed by atoms with Crippen LogP contribution in [0.25, 0.3) is 0 Å². The maximum absolute atomic E-state index is 6.10. The van der Waals surface area contributed by atoms with Crippen molar-refractivity contribution < 1.29 is 0 Å². The molecule has 0 aliphatic carbocycles. The molecule has 0 radical (unpaired) electrons. The van der Waals surface area contributed by atoms with E-state index in [1.165, 1.54) is 5.56 Å². The number of benzene rings is 1. The first-order valence-corrected chi connectivity index (χ1v) is 7.84. The van der Waals surface area contributed by atoms with Crippen molar-refractivity contribution >= 4 is 17.4 Å². The van der Waals surface area contributed by atoms with E-state index in [0.717, 1.165) is 23.8 Å². The lowest BCUT2D eigenvalue weighted by atomic mass is 10.1. The smallest absolute Gasteiger partial charge is 0.133 e. The Hall–Kier alpha value is -1.61. The van der Waals surface area contributed by atoms with Gasteiger partial charge < -0.3 is 5.32 Å². The predicted octanol–water partition coefficient (Wildman–Crippen LogP) is 4.17. The SMILES string of the molecule is Cc1cc(NC(CCl)Cc2ccccc2)nc(C(C)C)n1. The zero-order chi connectivity index (χ0) is 15.2. The fraction of sp³-hybridized carbons (Fsp3) is 0.412. The van der Waals surface area contributed by atoms with Crippen LogP contribution in [0.2, 0.25) is 0 Å². The van der Waals surface area contributed by atoms with Gasteiger partial charge in [0.05, 0.1) is 0 Å². The summed E-state index contributed by atoms with van der Waals surface area (Å²) in [6, 6.07) is 12.5. The Morgan fingerprint density at radius 3 is 2.48 bits per heavy atom. The van der Waals surface area contributed by atoms with Gasteiger partial charge in [-0.3, -0.25) is 0 Å². The second-order valence-corrected chi connectivity index (χ2v) is 5.90. The molecule has 0 amide bonds. The van der Waals surface area contributed by atoms with E-state index in [-0.39, 0.29) is 6.04 Å². The molecule has 0 saturated carbocycles. The molecule has 21 heavy (non-hydrogen) atoms. The van der Waals surface area contributed by atoms with Crippen LogP contribution in [0.4, 0.5) is 5.82 Å². The lowest BCUT2D eigenvalue weighted by Gasteiger charge is -2.18. The third-order valence-corrected chi connectivity index (χ3v) is 3.62. The van der Waals surface area contributed by atoms with E-state index in [1.807, 2.05) is 31.2 Å². The third kappa shape index (κ3) is 4.71. The van der Waals surface area contributed by atoms with E-state index in [9.17, 15) is 0 Å². The normalized spacial score (nSPS) is 12.4. The molecule has 0 bridgehead atoms. The first kappa shape index (κ1) is 15.8. The Morgan fingerprint density at radius 1 is 1.14 bits per heavy atom. The zero-order valence-electron chi connectivity index (χ0n) is 12.8. The molecule has 112 valence electrons. The van der Waals surface area contributed by atoms with Gasteiger partial charge >= 0.3 is 0 Å². The maximum atomic E-state index is 6.10. The average molecular weight is 304 g/mol. The molecule has 1 atom stereocenters. The van der Waals surface area contributed by atoms with Crippen LogP contribution in [0.15, 0.2) is 36.4 Å². The summed E-state index contributed by atoms with van der Waals surface area (Å²) in [4.78, 5) is 9.05. The van der Waals surface area contributed by atoms with Gasteiger partial charge in [0.1, 0.15) is 11.6 Å². The van der Waals surface area contributed by atoms with Crippen molar-refractivity contribution in [3.63, 3.8) is 0 Å². The van der Waals surface area contributed by atoms with Gasteiger partial charge in [-0.2, -0.15) is 0 Å². The standard InChI is InChI=1S/C17H22ClN3/c1-12(2)17-19-13(3)9-16(21-17)20-15(11-18)10-14-7-5-4-6-8-14/h4-9,12,15H,10-11H2,1-3H3,(H,19,20,21). The Bertz CT molecular complexity index is 570. The summed E-state index contributed by atoms with van der Waals surface area (Å²) in [6.07, 6.45) is 0.879. The van der Waals surface area contributed by atoms with Crippen LogP contribution in [0.1, 0.15) is 36.8 Å². The lowest BCUT2D eigenvalue weighted by Crippen LogP contribution is -2.25. The zero-order valence-corrected chi connectivity index (χ0v) is 13.6. The van der Waals surface area contributed by atoms with Gasteiger partial charge in [0.15, 0.2) is 0 Å². The van der Waals surface area contributed by atoms with Gasteiger partial charge in [0, 0.05) is 29.6 Å². The summed E-state index contributed by atoms with van der Waals surface area (Å²) in [6.45, 7) is 6.19. The summed E-state index contributed by atoms with van der Waals surface area (Å²) in [5, 5.41) is 3.43. The summed E-state index contributed by atoms with van der Waals surface area (Å²) in [5.41, 5.74) is 2.25. The van der Waals surface area contributed by atoms with E-state index < -0.39 is 0 Å². The highest BCUT2D eigenvalue weighted by Crippen LogP contribution is 2.16. The number of nitrogens with one attached hydrogen (secondary N) is 1. The summed E-state index contributed by atoms with van der Waals surface area (Å²) in [7, 11) is 0. The van der Waals surface area contributed by atoms with Crippen LogP contribution >= 0.6 is 11.6 Å². The molecular weight excluding hydrogens is 282 g/mol. The van der Waals surface area contributed by atoms with Crippen molar-refractivity contribution in [2.75, 3.05) is 11.2 Å². The molecule has 1 heterocycles. The summed E-state index contributed by atoms with van der Waals surface area (Å²) in [5.74, 6) is 2.57. The van der Waals surface area contributed by atoms with Gasteiger partial charge in [0.2, 0.25) is 0 Å². The van der Waals surface area contributed by atoms with E-state index in [4.69, 9.17) is 11.6 Å². The average Bonchev–Trinajstić information content (AvgIpc) is 2.47. The molecule has 1 aromatic carbocycles. The Kier molecular flexibility index (Phi) is 5.57. The van der Waals surface area contributed by atoms with E-state index in [2.05, 4.69) is 41.3 Å². The molecule has 0 saturated heterocycles. The predicted molar refractivity (Wildman–Crippen MR) is 89.1 cm³/mol. The quantitative estimate of drug-likeness (QED) is 0.814. The number of alkyl halides is 1. The maximum Gasteiger partial charge on any atom is 0.133 e. The highest BCUT2D eigenvalue weighted by molar-refractivity contribution is 6.18. The molecule has 1 N–H and O–H groups in total. The second kappa shape index (κ2) is 7.41. The molecule has 0 fully saturated rings. The molecule has 1 unspecified atom stereocenters. The van der Waals surface area contributed by atoms with E-state index >= 15 is 0 Å². The molecule has 2 aromatic rings. The van der Waals surface area contributed by atoms with Crippen LogP contribution in [0.5, 0.6) is 0 Å². The van der Waals surface area contributed by atoms with Gasteiger partial charge in [-0.1, -0.05) is 44.2 Å². The van der Waals surface area contributed by atoms with Crippen molar-refractivity contribution in [3.05, 3.63) is 53.5 Å². The first-order chi connectivity index (χ1) is 10.1. The molecule has 4 heteroatoms. The number of aromatic nitrogens is 2. The van der Waals surface area contributed by atoms with Crippen molar-refractivity contribution in [3.8, 4) is 0 Å². The molecule has 2 rings (SSSR count). The number of hydrogen-bond acceptors (Lipinski definition) is 3. The van der Waals surface area contributed by atoms with Crippen LogP contribution in [-0.2, 0) is 6.42 Å². The van der Waals surface area contributed by atoms with Gasteiger partial charge in [-0.05, 0) is 18.9 Å². The lowest BCUT2D eigenvalue weighted by molar-refractivity contribution is 0.750.